The van der Waals surface area contributed by atoms with Gasteiger partial charge in [-0.1, -0.05) is 29.3 Å². The van der Waals surface area contributed by atoms with Crippen molar-refractivity contribution in [2.24, 2.45) is 5.73 Å². The number of alkyl halides is 3. The average molecular weight is 485 g/mol. The molecule has 0 unspecified atom stereocenters. The molecule has 0 aromatic heterocycles. The van der Waals surface area contributed by atoms with Gasteiger partial charge in [-0.05, 0) is 48.5 Å². The molecule has 32 heavy (non-hydrogen) atoms. The minimum absolute atomic E-state index is 0.00699. The van der Waals surface area contributed by atoms with E-state index in [1.165, 1.54) is 42.5 Å². The van der Waals surface area contributed by atoms with Crippen molar-refractivity contribution < 1.29 is 32.2 Å². The lowest BCUT2D eigenvalue weighted by Gasteiger charge is -2.14. The van der Waals surface area contributed by atoms with Gasteiger partial charge in [0.25, 0.3) is 5.91 Å². The van der Waals surface area contributed by atoms with Crippen molar-refractivity contribution in [3.05, 3.63) is 81.8 Å². The molecule has 0 heterocycles. The summed E-state index contributed by atoms with van der Waals surface area (Å²) in [4.78, 5) is 24.2. The van der Waals surface area contributed by atoms with E-state index < -0.39 is 23.9 Å². The maximum Gasteiger partial charge on any atom is 0.573 e. The van der Waals surface area contributed by atoms with E-state index in [-0.39, 0.29) is 38.4 Å². The molecule has 0 spiro atoms. The first kappa shape index (κ1) is 23.2. The molecule has 2 amide bonds. The molecule has 6 nitrogen and oxygen atoms in total. The molecule has 166 valence electrons. The third-order valence-electron chi connectivity index (χ3n) is 3.96. The summed E-state index contributed by atoms with van der Waals surface area (Å²) in [7, 11) is 0. The number of rotatable bonds is 6. The lowest BCUT2D eigenvalue weighted by molar-refractivity contribution is -0.274. The minimum atomic E-state index is -4.83. The van der Waals surface area contributed by atoms with E-state index in [2.05, 4.69) is 10.1 Å². The molecule has 3 rings (SSSR count). The van der Waals surface area contributed by atoms with Crippen molar-refractivity contribution in [2.75, 3.05) is 5.32 Å². The number of primary amides is 1. The number of hydrogen-bond acceptors (Lipinski definition) is 4. The fraction of sp³-hybridized carbons (Fsp3) is 0.0476. The minimum Gasteiger partial charge on any atom is -0.456 e. The molecule has 0 radical (unpaired) electrons. The number of halogens is 5. The summed E-state index contributed by atoms with van der Waals surface area (Å²) >= 11 is 12.1. The zero-order chi connectivity index (χ0) is 23.5. The molecular formula is C21H13Cl2F3N2O4. The van der Waals surface area contributed by atoms with Crippen LogP contribution in [0.2, 0.25) is 10.0 Å². The van der Waals surface area contributed by atoms with Crippen LogP contribution < -0.4 is 20.5 Å². The van der Waals surface area contributed by atoms with Crippen molar-refractivity contribution in [2.45, 2.75) is 6.36 Å². The fourth-order valence-corrected chi connectivity index (χ4v) is 2.89. The van der Waals surface area contributed by atoms with Crippen molar-refractivity contribution >= 4 is 40.7 Å². The van der Waals surface area contributed by atoms with Gasteiger partial charge in [0.2, 0.25) is 5.91 Å². The Morgan fingerprint density at radius 1 is 0.906 bits per heavy atom. The highest BCUT2D eigenvalue weighted by Crippen LogP contribution is 2.35. The number of ether oxygens (including phenoxy) is 2. The summed E-state index contributed by atoms with van der Waals surface area (Å²) in [5.41, 5.74) is 5.70. The first-order chi connectivity index (χ1) is 15.0. The smallest absolute Gasteiger partial charge is 0.456 e. The van der Waals surface area contributed by atoms with Crippen LogP contribution in [0.3, 0.4) is 0 Å². The van der Waals surface area contributed by atoms with Gasteiger partial charge in [-0.2, -0.15) is 0 Å². The summed E-state index contributed by atoms with van der Waals surface area (Å²) in [5, 5.41) is 2.75. The van der Waals surface area contributed by atoms with Crippen molar-refractivity contribution in [1.29, 1.82) is 0 Å². The molecule has 3 aromatic carbocycles. The molecule has 0 fully saturated rings. The zero-order valence-electron chi connectivity index (χ0n) is 15.9. The molecule has 0 atom stereocenters. The topological polar surface area (TPSA) is 90.7 Å². The van der Waals surface area contributed by atoms with Crippen LogP contribution in [0.5, 0.6) is 17.2 Å². The molecular weight excluding hydrogens is 472 g/mol. The van der Waals surface area contributed by atoms with E-state index in [4.69, 9.17) is 33.7 Å². The summed E-state index contributed by atoms with van der Waals surface area (Å²) < 4.78 is 46.4. The maximum absolute atomic E-state index is 12.8. The van der Waals surface area contributed by atoms with E-state index in [0.29, 0.717) is 0 Å². The third-order valence-corrected chi connectivity index (χ3v) is 4.68. The second kappa shape index (κ2) is 9.37. The Kier molecular flexibility index (Phi) is 6.81. The Hall–Kier alpha value is -3.43. The highest BCUT2D eigenvalue weighted by atomic mass is 35.5. The molecule has 0 aliphatic carbocycles. The van der Waals surface area contributed by atoms with Crippen molar-refractivity contribution in [1.82, 2.24) is 0 Å². The van der Waals surface area contributed by atoms with Gasteiger partial charge in [-0.15, -0.1) is 13.2 Å². The van der Waals surface area contributed by atoms with Gasteiger partial charge in [-0.25, -0.2) is 0 Å². The summed E-state index contributed by atoms with van der Waals surface area (Å²) in [5.74, 6) is -1.64. The Balaban J connectivity index is 1.86. The van der Waals surface area contributed by atoms with Crippen LogP contribution in [0.15, 0.2) is 60.7 Å². The second-order valence-electron chi connectivity index (χ2n) is 6.28. The number of nitrogens with two attached hydrogens (primary N) is 1. The Morgan fingerprint density at radius 2 is 1.53 bits per heavy atom. The zero-order valence-corrected chi connectivity index (χ0v) is 17.4. The molecule has 0 aliphatic heterocycles. The quantitative estimate of drug-likeness (QED) is 0.446. The van der Waals surface area contributed by atoms with Crippen molar-refractivity contribution in [3.63, 3.8) is 0 Å². The Bertz CT molecular complexity index is 1170. The number of hydrogen-bond donors (Lipinski definition) is 2. The normalized spacial score (nSPS) is 11.0. The third kappa shape index (κ3) is 6.05. The van der Waals surface area contributed by atoms with Crippen LogP contribution in [0, 0.1) is 0 Å². The fourth-order valence-electron chi connectivity index (χ4n) is 2.58. The summed E-state index contributed by atoms with van der Waals surface area (Å²) in [6.07, 6.45) is -4.83. The Morgan fingerprint density at radius 3 is 2.16 bits per heavy atom. The van der Waals surface area contributed by atoms with Crippen LogP contribution in [-0.2, 0) is 0 Å². The van der Waals surface area contributed by atoms with Gasteiger partial charge in [0.15, 0.2) is 0 Å². The SMILES string of the molecule is NC(=O)c1cccc(NC(=O)c2cc(Cl)c(Cl)cc2Oc2ccc(OC(F)(F)F)cc2)c1. The number of benzene rings is 3. The van der Waals surface area contributed by atoms with E-state index >= 15 is 0 Å². The van der Waals surface area contributed by atoms with E-state index in [1.807, 2.05) is 0 Å². The molecule has 0 aliphatic rings. The predicted molar refractivity (Wildman–Crippen MR) is 113 cm³/mol. The van der Waals surface area contributed by atoms with Crippen LogP contribution in [0.4, 0.5) is 18.9 Å². The van der Waals surface area contributed by atoms with Crippen LogP contribution >= 0.6 is 23.2 Å². The van der Waals surface area contributed by atoms with E-state index in [0.717, 1.165) is 12.1 Å². The van der Waals surface area contributed by atoms with Gasteiger partial charge in [0.05, 0.1) is 15.6 Å². The maximum atomic E-state index is 12.8. The lowest BCUT2D eigenvalue weighted by Crippen LogP contribution is -2.17. The number of nitrogens with one attached hydrogen (secondary N) is 1. The highest BCUT2D eigenvalue weighted by Gasteiger charge is 2.31. The van der Waals surface area contributed by atoms with Crippen LogP contribution in [-0.4, -0.2) is 18.2 Å². The van der Waals surface area contributed by atoms with Crippen molar-refractivity contribution in [3.8, 4) is 17.2 Å². The van der Waals surface area contributed by atoms with E-state index in [9.17, 15) is 22.8 Å². The van der Waals surface area contributed by atoms with E-state index in [1.54, 1.807) is 6.07 Å². The van der Waals surface area contributed by atoms with Gasteiger partial charge >= 0.3 is 6.36 Å². The number of anilines is 1. The molecule has 3 aromatic rings. The molecule has 11 heteroatoms. The largest absolute Gasteiger partial charge is 0.573 e. The summed E-state index contributed by atoms with van der Waals surface area (Å²) in [6.45, 7) is 0. The lowest BCUT2D eigenvalue weighted by atomic mass is 10.1. The molecule has 0 bridgehead atoms. The number of carbonyl (C=O) groups excluding carboxylic acids is 2. The Labute approximate surface area is 189 Å². The number of amides is 2. The molecule has 0 saturated heterocycles. The number of carbonyl (C=O) groups is 2. The van der Waals surface area contributed by atoms with Gasteiger partial charge in [0.1, 0.15) is 17.2 Å². The van der Waals surface area contributed by atoms with Gasteiger partial charge < -0.3 is 20.5 Å². The standard InChI is InChI=1S/C21H13Cl2F3N2O4/c22-16-9-15(20(30)28-12-3-1-2-11(8-12)19(27)29)18(10-17(16)23)31-13-4-6-14(7-5-13)32-21(24,25)26/h1-10H,(H2,27,29)(H,28,30). The summed E-state index contributed by atoms with van der Waals surface area (Å²) in [6, 6.07) is 13.1. The predicted octanol–water partition coefficient (Wildman–Crippen LogP) is 6.04. The monoisotopic (exact) mass is 484 g/mol. The first-order valence-electron chi connectivity index (χ1n) is 8.76. The van der Waals surface area contributed by atoms with Crippen LogP contribution in [0.25, 0.3) is 0 Å². The average Bonchev–Trinajstić information content (AvgIpc) is 2.71. The molecule has 0 saturated carbocycles. The van der Waals surface area contributed by atoms with Crippen LogP contribution in [0.1, 0.15) is 20.7 Å². The molecule has 3 N–H and O–H groups in total. The highest BCUT2D eigenvalue weighted by molar-refractivity contribution is 6.42. The first-order valence-corrected chi connectivity index (χ1v) is 9.51. The second-order valence-corrected chi connectivity index (χ2v) is 7.10. The van der Waals surface area contributed by atoms with Gasteiger partial charge in [-0.3, -0.25) is 9.59 Å². The van der Waals surface area contributed by atoms with Gasteiger partial charge in [0, 0.05) is 17.3 Å².